The molecular weight excluding hydrogens is 983 g/mol. The number of aliphatic hydroxyl groups excluding tert-OH is 1. The highest BCUT2D eigenvalue weighted by atomic mass is 35.5. The first-order chi connectivity index (χ1) is 33.4. The van der Waals surface area contributed by atoms with Crippen LogP contribution in [0.5, 0.6) is 0 Å². The summed E-state index contributed by atoms with van der Waals surface area (Å²) in [5.74, 6) is -0.733. The zero-order valence-electron chi connectivity index (χ0n) is 39.0. The zero-order chi connectivity index (χ0) is 50.1. The largest absolute Gasteiger partial charge is 0.501 e. The Morgan fingerprint density at radius 3 is 2.23 bits per heavy atom. The summed E-state index contributed by atoms with van der Waals surface area (Å²) in [7, 11) is -11.0. The number of halogens is 4. The zero-order valence-corrected chi connectivity index (χ0v) is 42.2. The van der Waals surface area contributed by atoms with Gasteiger partial charge in [-0.05, 0) is 122 Å². The van der Waals surface area contributed by atoms with Crippen LogP contribution >= 0.6 is 23.4 Å². The quantitative estimate of drug-likeness (QED) is 0.0638. The number of nitrogens with zero attached hydrogens (tertiary/aromatic N) is 3. The van der Waals surface area contributed by atoms with Crippen molar-refractivity contribution in [2.45, 2.75) is 71.6 Å². The van der Waals surface area contributed by atoms with Crippen molar-refractivity contribution in [2.24, 2.45) is 5.92 Å². The number of morpholine rings is 1. The number of benzene rings is 5. The van der Waals surface area contributed by atoms with Crippen LogP contribution in [0.15, 0.2) is 136 Å². The maximum absolute atomic E-state index is 14.3. The highest BCUT2D eigenvalue weighted by molar-refractivity contribution is 7.99. The van der Waals surface area contributed by atoms with Gasteiger partial charge in [0.1, 0.15) is 4.90 Å². The van der Waals surface area contributed by atoms with E-state index in [9.17, 15) is 39.9 Å². The number of amides is 1. The number of sulfone groups is 1. The topological polar surface area (TPSA) is 149 Å². The van der Waals surface area contributed by atoms with Crippen LogP contribution in [-0.2, 0) is 24.6 Å². The van der Waals surface area contributed by atoms with E-state index in [4.69, 9.17) is 16.3 Å². The summed E-state index contributed by atoms with van der Waals surface area (Å²) in [5, 5.41) is 15.2. The molecule has 70 heavy (non-hydrogen) atoms. The van der Waals surface area contributed by atoms with Crippen LogP contribution in [0.25, 0.3) is 11.1 Å². The third kappa shape index (κ3) is 13.4. The predicted molar refractivity (Wildman–Crippen MR) is 271 cm³/mol. The summed E-state index contributed by atoms with van der Waals surface area (Å²) in [6.07, 6.45) is 1.04. The van der Waals surface area contributed by atoms with Crippen molar-refractivity contribution >= 4 is 60.5 Å². The first-order valence-electron chi connectivity index (χ1n) is 23.4. The summed E-state index contributed by atoms with van der Waals surface area (Å²) in [6, 6.07) is 32.7. The number of hydrogen-bond acceptors (Lipinski definition) is 12. The van der Waals surface area contributed by atoms with Gasteiger partial charge in [-0.2, -0.15) is 13.2 Å². The number of nitrogens with one attached hydrogen (secondary N) is 2. The second-order valence-electron chi connectivity index (χ2n) is 17.5. The lowest BCUT2D eigenvalue weighted by Gasteiger charge is -2.36. The molecule has 0 saturated carbocycles. The van der Waals surface area contributed by atoms with E-state index in [1.807, 2.05) is 83.6 Å². The number of hydrogen-bond donors (Lipinski definition) is 3. The van der Waals surface area contributed by atoms with Crippen LogP contribution in [-0.4, -0.2) is 120 Å². The number of rotatable bonds is 20. The molecule has 5 aromatic rings. The molecule has 5 aromatic carbocycles. The molecule has 0 aliphatic carbocycles. The molecule has 3 atom stereocenters. The molecule has 1 amide bonds. The number of aliphatic hydroxyl groups is 1. The Morgan fingerprint density at radius 1 is 0.886 bits per heavy atom. The van der Waals surface area contributed by atoms with E-state index in [0.717, 1.165) is 59.0 Å². The lowest BCUT2D eigenvalue weighted by Crippen LogP contribution is -2.48. The molecule has 376 valence electrons. The van der Waals surface area contributed by atoms with Crippen LogP contribution in [0.2, 0.25) is 5.02 Å². The Morgan fingerprint density at radius 2 is 1.56 bits per heavy atom. The molecule has 1 unspecified atom stereocenters. The summed E-state index contributed by atoms with van der Waals surface area (Å²) in [5.41, 5.74) is -2.75. The Balaban J connectivity index is 1.03. The van der Waals surface area contributed by atoms with Crippen molar-refractivity contribution in [1.29, 1.82) is 0 Å². The molecule has 0 spiro atoms. The van der Waals surface area contributed by atoms with Crippen molar-refractivity contribution in [2.75, 3.05) is 74.9 Å². The first kappa shape index (κ1) is 53.1. The summed E-state index contributed by atoms with van der Waals surface area (Å²) >= 11 is 7.56. The van der Waals surface area contributed by atoms with Crippen molar-refractivity contribution in [3.63, 3.8) is 0 Å². The number of carbonyl (C=O) groups is 1. The number of alkyl halides is 3. The standard InChI is InChI=1S/C51H59ClF3N5O7S3/c1-3-58(4-2)33-42-34-59(30-31-67-42)27-26-40(35-68-43-10-6-5-7-11-43)56-47-23-22-44(32-48(47)69(63,64)51(53,54)55)70(65,66)57-50(62)38-16-20-41(21-17-38)60-28-24-37(25-29-60)49(61)46-13-9-8-12-45(46)36-14-18-39(52)19-15-36/h5-23,32,37,40,42,49,56,61H,3-4,24-31,33-35H2,1-2H3,(H,57,62)/t40-,42-,49?/m1/s1. The molecule has 0 bridgehead atoms. The van der Waals surface area contributed by atoms with E-state index >= 15 is 0 Å². The number of likely N-dealkylation sites (N-methyl/N-ethyl adjacent to an activating group) is 1. The molecule has 2 fully saturated rings. The molecule has 2 aliphatic heterocycles. The van der Waals surface area contributed by atoms with E-state index in [0.29, 0.717) is 75.4 Å². The van der Waals surface area contributed by atoms with E-state index in [-0.39, 0.29) is 17.6 Å². The van der Waals surface area contributed by atoms with Crippen LogP contribution in [0.3, 0.4) is 0 Å². The lowest BCUT2D eigenvalue weighted by molar-refractivity contribution is -0.0436. The maximum atomic E-state index is 14.3. The van der Waals surface area contributed by atoms with E-state index in [1.54, 1.807) is 12.1 Å². The van der Waals surface area contributed by atoms with Crippen LogP contribution in [0, 0.1) is 5.92 Å². The van der Waals surface area contributed by atoms with Gasteiger partial charge >= 0.3 is 5.51 Å². The minimum atomic E-state index is -6.10. The fraction of sp³-hybridized carbons (Fsp3) is 0.392. The van der Waals surface area contributed by atoms with Crippen molar-refractivity contribution < 1.29 is 44.6 Å². The molecule has 19 heteroatoms. The number of anilines is 2. The smallest absolute Gasteiger partial charge is 0.388 e. The highest BCUT2D eigenvalue weighted by Crippen LogP contribution is 2.39. The number of ether oxygens (including phenoxy) is 1. The van der Waals surface area contributed by atoms with Gasteiger partial charge in [0, 0.05) is 72.2 Å². The molecule has 0 radical (unpaired) electrons. The Hall–Kier alpha value is -4.66. The minimum absolute atomic E-state index is 0.0204. The second kappa shape index (κ2) is 23.7. The third-order valence-corrected chi connectivity index (χ3v) is 17.2. The SMILES string of the molecule is CCN(CC)C[C@@H]1CN(CC[C@H](CSc2ccccc2)Nc2ccc(S(=O)(=O)NC(=O)c3ccc(N4CCC(C(O)c5ccccc5-c5ccc(Cl)cc5)CC4)cc3)cc2S(=O)(=O)C(F)(F)F)CCO1. The van der Waals surface area contributed by atoms with Gasteiger partial charge in [0.15, 0.2) is 0 Å². The first-order valence-corrected chi connectivity index (χ1v) is 27.7. The van der Waals surface area contributed by atoms with E-state index in [1.165, 1.54) is 23.9 Å². The Bertz CT molecular complexity index is 2750. The maximum Gasteiger partial charge on any atom is 0.501 e. The van der Waals surface area contributed by atoms with Gasteiger partial charge in [-0.25, -0.2) is 21.6 Å². The average molecular weight is 1040 g/mol. The van der Waals surface area contributed by atoms with Gasteiger partial charge in [0.2, 0.25) is 0 Å². The van der Waals surface area contributed by atoms with Gasteiger partial charge in [0.25, 0.3) is 25.8 Å². The fourth-order valence-corrected chi connectivity index (χ4v) is 12.0. The molecule has 0 aromatic heterocycles. The Labute approximate surface area is 418 Å². The number of sulfonamides is 1. The van der Waals surface area contributed by atoms with Gasteiger partial charge in [0.05, 0.1) is 29.4 Å². The lowest BCUT2D eigenvalue weighted by atomic mass is 9.84. The van der Waals surface area contributed by atoms with E-state index < -0.39 is 58.9 Å². The summed E-state index contributed by atoms with van der Waals surface area (Å²) in [4.78, 5) is 18.8. The van der Waals surface area contributed by atoms with Crippen LogP contribution in [0.1, 0.15) is 55.1 Å². The molecule has 2 aliphatic rings. The highest BCUT2D eigenvalue weighted by Gasteiger charge is 2.48. The second-order valence-corrected chi connectivity index (χ2v) is 22.6. The monoisotopic (exact) mass is 1040 g/mol. The summed E-state index contributed by atoms with van der Waals surface area (Å²) < 4.78 is 105. The number of carbonyl (C=O) groups excluding carboxylic acids is 1. The van der Waals surface area contributed by atoms with E-state index in [2.05, 4.69) is 33.9 Å². The predicted octanol–water partition coefficient (Wildman–Crippen LogP) is 9.37. The van der Waals surface area contributed by atoms with Crippen molar-refractivity contribution in [1.82, 2.24) is 14.5 Å². The molecule has 2 heterocycles. The molecule has 12 nitrogen and oxygen atoms in total. The number of thioether (sulfide) groups is 1. The Kier molecular flexibility index (Phi) is 18.0. The average Bonchev–Trinajstić information content (AvgIpc) is 3.36. The minimum Gasteiger partial charge on any atom is -0.388 e. The van der Waals surface area contributed by atoms with Crippen LogP contribution in [0.4, 0.5) is 24.5 Å². The van der Waals surface area contributed by atoms with Crippen LogP contribution < -0.4 is 14.9 Å². The van der Waals surface area contributed by atoms with Gasteiger partial charge in [-0.1, -0.05) is 80.0 Å². The normalized spacial score (nSPS) is 17.3. The van der Waals surface area contributed by atoms with Gasteiger partial charge in [-0.15, -0.1) is 11.8 Å². The molecule has 3 N–H and O–H groups in total. The van der Waals surface area contributed by atoms with Crippen molar-refractivity contribution in [3.05, 3.63) is 137 Å². The van der Waals surface area contributed by atoms with Gasteiger partial charge in [-0.3, -0.25) is 9.69 Å². The molecule has 2 saturated heterocycles. The molecule has 7 rings (SSSR count). The molecular formula is C51H59ClF3N5O7S3. The third-order valence-electron chi connectivity index (χ3n) is 12.9. The van der Waals surface area contributed by atoms with Gasteiger partial charge < -0.3 is 25.0 Å². The fourth-order valence-electron chi connectivity index (χ4n) is 8.91. The number of piperidine rings is 1. The van der Waals surface area contributed by atoms with Crippen molar-refractivity contribution in [3.8, 4) is 11.1 Å². The summed E-state index contributed by atoms with van der Waals surface area (Å²) in [6.45, 7) is 10.3.